The molecule has 1 aromatic carbocycles. The third-order valence-electron chi connectivity index (χ3n) is 5.33. The lowest BCUT2D eigenvalue weighted by Crippen LogP contribution is -2.55. The summed E-state index contributed by atoms with van der Waals surface area (Å²) in [6, 6.07) is 5.65. The molecule has 3 rings (SSSR count). The van der Waals surface area contributed by atoms with E-state index in [9.17, 15) is 15.3 Å². The van der Waals surface area contributed by atoms with Crippen LogP contribution in [0.3, 0.4) is 0 Å². The summed E-state index contributed by atoms with van der Waals surface area (Å²) in [6.45, 7) is 6.48. The molecule has 2 aliphatic rings. The van der Waals surface area contributed by atoms with Crippen LogP contribution in [-0.2, 0) is 6.54 Å². The van der Waals surface area contributed by atoms with E-state index in [4.69, 9.17) is 4.74 Å². The van der Waals surface area contributed by atoms with Crippen LogP contribution in [0, 0.1) is 0 Å². The zero-order chi connectivity index (χ0) is 17.8. The predicted octanol–water partition coefficient (Wildman–Crippen LogP) is 1.18. The summed E-state index contributed by atoms with van der Waals surface area (Å²) >= 11 is 0. The fraction of sp³-hybridized carbons (Fsp3) is 0.684. The molecule has 1 aromatic rings. The van der Waals surface area contributed by atoms with Gasteiger partial charge in [-0.15, -0.1) is 0 Å². The maximum Gasteiger partial charge on any atom is 0.161 e. The number of likely N-dealkylation sites (tertiary alicyclic amines) is 2. The Hall–Kier alpha value is -1.34. The highest BCUT2D eigenvalue weighted by atomic mass is 16.5. The van der Waals surface area contributed by atoms with E-state index in [0.29, 0.717) is 18.9 Å². The normalized spacial score (nSPS) is 26.7. The van der Waals surface area contributed by atoms with Crippen LogP contribution in [0.15, 0.2) is 18.2 Å². The summed E-state index contributed by atoms with van der Waals surface area (Å²) in [5, 5.41) is 30.1. The van der Waals surface area contributed by atoms with E-state index >= 15 is 0 Å². The van der Waals surface area contributed by atoms with E-state index in [1.807, 2.05) is 19.1 Å². The highest BCUT2D eigenvalue weighted by Crippen LogP contribution is 2.28. The Morgan fingerprint density at radius 2 is 1.88 bits per heavy atom. The molecule has 0 spiro atoms. The number of benzene rings is 1. The molecular weight excluding hydrogens is 320 g/mol. The number of ether oxygens (including phenoxy) is 1. The van der Waals surface area contributed by atoms with Gasteiger partial charge in [0.05, 0.1) is 18.8 Å². The summed E-state index contributed by atoms with van der Waals surface area (Å²) in [5.74, 6) is 0.680. The van der Waals surface area contributed by atoms with Crippen molar-refractivity contribution >= 4 is 0 Å². The van der Waals surface area contributed by atoms with Gasteiger partial charge in [-0.05, 0) is 43.9 Å². The number of hydrogen-bond donors (Lipinski definition) is 3. The van der Waals surface area contributed by atoms with E-state index in [1.165, 1.54) is 0 Å². The Kier molecular flexibility index (Phi) is 6.17. The lowest BCUT2D eigenvalue weighted by molar-refractivity contribution is -0.0355. The standard InChI is InChI=1S/C19H30N2O4/c1-2-25-19-11-14(3-4-17(19)23)12-20-8-7-16(18(24)13-20)21-9-5-15(22)6-10-21/h3-4,11,15-16,18,22-24H,2,5-10,12-13H2,1H3/t16-,18-/m1/s1. The number of piperidine rings is 2. The van der Waals surface area contributed by atoms with Gasteiger partial charge in [-0.3, -0.25) is 9.80 Å². The fourth-order valence-corrected chi connectivity index (χ4v) is 3.96. The van der Waals surface area contributed by atoms with Crippen LogP contribution in [0.4, 0.5) is 0 Å². The van der Waals surface area contributed by atoms with Crippen molar-refractivity contribution in [2.24, 2.45) is 0 Å². The molecule has 25 heavy (non-hydrogen) atoms. The second-order valence-corrected chi connectivity index (χ2v) is 7.16. The molecule has 6 heteroatoms. The molecule has 0 unspecified atom stereocenters. The molecule has 0 aromatic heterocycles. The molecule has 2 saturated heterocycles. The summed E-state index contributed by atoms with van der Waals surface area (Å²) < 4.78 is 5.45. The molecular formula is C19H30N2O4. The van der Waals surface area contributed by atoms with Gasteiger partial charge in [-0.25, -0.2) is 0 Å². The van der Waals surface area contributed by atoms with Gasteiger partial charge in [0.1, 0.15) is 0 Å². The van der Waals surface area contributed by atoms with Gasteiger partial charge < -0.3 is 20.1 Å². The molecule has 6 nitrogen and oxygen atoms in total. The van der Waals surface area contributed by atoms with Gasteiger partial charge in [0.15, 0.2) is 11.5 Å². The minimum absolute atomic E-state index is 0.164. The average molecular weight is 350 g/mol. The Morgan fingerprint density at radius 1 is 1.12 bits per heavy atom. The van der Waals surface area contributed by atoms with Crippen molar-refractivity contribution < 1.29 is 20.1 Å². The molecule has 3 N–H and O–H groups in total. The Labute approximate surface area is 149 Å². The summed E-state index contributed by atoms with van der Waals surface area (Å²) in [4.78, 5) is 4.59. The highest BCUT2D eigenvalue weighted by Gasteiger charge is 2.33. The number of nitrogens with zero attached hydrogens (tertiary/aromatic N) is 2. The second-order valence-electron chi connectivity index (χ2n) is 7.16. The lowest BCUT2D eigenvalue weighted by atomic mass is 9.96. The second kappa shape index (κ2) is 8.36. The van der Waals surface area contributed by atoms with E-state index in [-0.39, 0.29) is 24.0 Å². The van der Waals surface area contributed by atoms with Gasteiger partial charge in [0, 0.05) is 38.8 Å². The first-order valence-corrected chi connectivity index (χ1v) is 9.34. The summed E-state index contributed by atoms with van der Waals surface area (Å²) in [6.07, 6.45) is 2.00. The van der Waals surface area contributed by atoms with Gasteiger partial charge in [0.25, 0.3) is 0 Å². The third kappa shape index (κ3) is 4.64. The Bertz CT molecular complexity index is 560. The van der Waals surface area contributed by atoms with Gasteiger partial charge in [-0.2, -0.15) is 0 Å². The highest BCUT2D eigenvalue weighted by molar-refractivity contribution is 5.41. The Morgan fingerprint density at radius 3 is 2.56 bits per heavy atom. The number of aliphatic hydroxyl groups is 2. The lowest BCUT2D eigenvalue weighted by Gasteiger charge is -2.43. The molecule has 2 fully saturated rings. The quantitative estimate of drug-likeness (QED) is 0.740. The zero-order valence-electron chi connectivity index (χ0n) is 15.0. The number of phenolic OH excluding ortho intramolecular Hbond substituents is 1. The Balaban J connectivity index is 1.55. The SMILES string of the molecule is CCOc1cc(CN2CC[C@@H](N3CCC(O)CC3)[C@H](O)C2)ccc1O. The van der Waals surface area contributed by atoms with Crippen LogP contribution in [0.25, 0.3) is 0 Å². The number of rotatable bonds is 5. The number of phenols is 1. The molecule has 2 heterocycles. The first-order valence-electron chi connectivity index (χ1n) is 9.34. The minimum atomic E-state index is -0.368. The number of β-amino-alcohol motifs (C(OH)–C–C–N with tert-alkyl or cyclic N) is 1. The molecule has 2 atom stereocenters. The van der Waals surface area contributed by atoms with E-state index in [2.05, 4.69) is 9.80 Å². The average Bonchev–Trinajstić information content (AvgIpc) is 2.59. The van der Waals surface area contributed by atoms with Crippen LogP contribution < -0.4 is 4.74 Å². The van der Waals surface area contributed by atoms with Crippen LogP contribution in [0.1, 0.15) is 31.7 Å². The zero-order valence-corrected chi connectivity index (χ0v) is 15.0. The third-order valence-corrected chi connectivity index (χ3v) is 5.33. The van der Waals surface area contributed by atoms with E-state index in [1.54, 1.807) is 6.07 Å². The van der Waals surface area contributed by atoms with E-state index in [0.717, 1.165) is 51.0 Å². The van der Waals surface area contributed by atoms with Crippen LogP contribution in [-0.4, -0.2) is 76.2 Å². The number of hydrogen-bond acceptors (Lipinski definition) is 6. The maximum absolute atomic E-state index is 10.6. The summed E-state index contributed by atoms with van der Waals surface area (Å²) in [7, 11) is 0. The first-order chi connectivity index (χ1) is 12.1. The van der Waals surface area contributed by atoms with Crippen molar-refractivity contribution in [3.05, 3.63) is 23.8 Å². The first kappa shape index (κ1) is 18.5. The topological polar surface area (TPSA) is 76.4 Å². The largest absolute Gasteiger partial charge is 0.504 e. The van der Waals surface area contributed by atoms with Crippen molar-refractivity contribution in [3.63, 3.8) is 0 Å². The summed E-state index contributed by atoms with van der Waals surface area (Å²) in [5.41, 5.74) is 1.08. The van der Waals surface area contributed by atoms with Crippen LogP contribution >= 0.6 is 0 Å². The van der Waals surface area contributed by atoms with Crippen molar-refractivity contribution in [3.8, 4) is 11.5 Å². The fourth-order valence-electron chi connectivity index (χ4n) is 3.96. The van der Waals surface area contributed by atoms with Crippen LogP contribution in [0.5, 0.6) is 11.5 Å². The van der Waals surface area contributed by atoms with Crippen LogP contribution in [0.2, 0.25) is 0 Å². The van der Waals surface area contributed by atoms with Gasteiger partial charge in [0.2, 0.25) is 0 Å². The van der Waals surface area contributed by atoms with Gasteiger partial charge in [-0.1, -0.05) is 6.07 Å². The molecule has 140 valence electrons. The van der Waals surface area contributed by atoms with Crippen molar-refractivity contribution in [2.75, 3.05) is 32.8 Å². The van der Waals surface area contributed by atoms with Crippen molar-refractivity contribution in [2.45, 2.75) is 51.0 Å². The molecule has 0 radical (unpaired) electrons. The maximum atomic E-state index is 10.6. The predicted molar refractivity (Wildman–Crippen MR) is 95.8 cm³/mol. The minimum Gasteiger partial charge on any atom is -0.504 e. The van der Waals surface area contributed by atoms with Gasteiger partial charge >= 0.3 is 0 Å². The molecule has 2 aliphatic heterocycles. The van der Waals surface area contributed by atoms with E-state index < -0.39 is 0 Å². The van der Waals surface area contributed by atoms with Crippen molar-refractivity contribution in [1.82, 2.24) is 9.80 Å². The molecule has 0 amide bonds. The molecule has 0 aliphatic carbocycles. The smallest absolute Gasteiger partial charge is 0.161 e. The number of aromatic hydroxyl groups is 1. The molecule has 0 bridgehead atoms. The number of aliphatic hydroxyl groups excluding tert-OH is 2. The molecule has 0 saturated carbocycles. The van der Waals surface area contributed by atoms with Crippen molar-refractivity contribution in [1.29, 1.82) is 0 Å². The monoisotopic (exact) mass is 350 g/mol.